The van der Waals surface area contributed by atoms with Gasteiger partial charge in [-0.3, -0.25) is 4.79 Å². The molecule has 2 N–H and O–H groups in total. The Balaban J connectivity index is 1.29. The number of carbonyl (C=O) groups excluding carboxylic acids is 1. The first-order valence-corrected chi connectivity index (χ1v) is 9.93. The number of amides is 1. The van der Waals surface area contributed by atoms with E-state index in [1.54, 1.807) is 0 Å². The van der Waals surface area contributed by atoms with E-state index in [1.807, 2.05) is 31.2 Å². The molecule has 0 aromatic heterocycles. The Morgan fingerprint density at radius 1 is 1.17 bits per heavy atom. The maximum absolute atomic E-state index is 13.1. The maximum atomic E-state index is 13.1. The fourth-order valence-corrected chi connectivity index (χ4v) is 3.70. The molecule has 1 fully saturated rings. The van der Waals surface area contributed by atoms with Gasteiger partial charge in [0.05, 0.1) is 38.5 Å². The molecule has 9 heteroatoms. The highest BCUT2D eigenvalue weighted by Gasteiger charge is 2.43. The molecular weight excluding hydrogens is 396 g/mol. The van der Waals surface area contributed by atoms with Crippen molar-refractivity contribution in [3.63, 3.8) is 0 Å². The molecule has 0 aliphatic carbocycles. The number of rotatable bonds is 6. The number of anilines is 2. The first-order valence-electron chi connectivity index (χ1n) is 9.93. The van der Waals surface area contributed by atoms with E-state index < -0.39 is 6.29 Å². The highest BCUT2D eigenvalue weighted by atomic mass is 19.3. The Kier molecular flexibility index (Phi) is 5.63. The lowest BCUT2D eigenvalue weighted by atomic mass is 10.2. The SMILES string of the molecule is CCOc1ccccc1N1CC[NH+](CC(=O)Nc2ccc3c(c2)OC(F)(F)O3)CC1. The minimum Gasteiger partial charge on any atom is -0.492 e. The number of nitrogens with one attached hydrogen (secondary N) is 2. The lowest BCUT2D eigenvalue weighted by molar-refractivity contribution is -0.892. The van der Waals surface area contributed by atoms with Crippen molar-refractivity contribution in [2.45, 2.75) is 13.2 Å². The van der Waals surface area contributed by atoms with Crippen molar-refractivity contribution in [3.8, 4) is 17.2 Å². The minimum atomic E-state index is -3.67. The van der Waals surface area contributed by atoms with Crippen molar-refractivity contribution >= 4 is 17.3 Å². The fraction of sp³-hybridized carbons (Fsp3) is 0.381. The molecule has 160 valence electrons. The number of benzene rings is 2. The molecule has 0 radical (unpaired) electrons. The molecule has 0 atom stereocenters. The Hall–Kier alpha value is -3.07. The molecule has 2 aromatic carbocycles. The van der Waals surface area contributed by atoms with Crippen LogP contribution in [0.15, 0.2) is 42.5 Å². The van der Waals surface area contributed by atoms with E-state index in [0.717, 1.165) is 42.5 Å². The number of ether oxygens (including phenoxy) is 3. The second kappa shape index (κ2) is 8.35. The molecule has 0 bridgehead atoms. The zero-order valence-corrected chi connectivity index (χ0v) is 16.6. The summed E-state index contributed by atoms with van der Waals surface area (Å²) in [5, 5.41) is 2.74. The zero-order chi connectivity index (χ0) is 21.1. The average molecular weight is 420 g/mol. The molecule has 2 aliphatic heterocycles. The standard InChI is InChI=1S/C21H23F2N3O4/c1-2-28-17-6-4-3-5-16(17)26-11-9-25(10-12-26)14-20(27)24-15-7-8-18-19(13-15)30-21(22,23)29-18/h3-8,13H,2,9-12,14H2,1H3,(H,24,27)/p+1. The summed E-state index contributed by atoms with van der Waals surface area (Å²) in [5.41, 5.74) is 1.46. The van der Waals surface area contributed by atoms with Crippen LogP contribution in [-0.4, -0.2) is 51.5 Å². The fourth-order valence-electron chi connectivity index (χ4n) is 3.70. The van der Waals surface area contributed by atoms with E-state index in [9.17, 15) is 13.6 Å². The molecule has 0 unspecified atom stereocenters. The minimum absolute atomic E-state index is 0.0490. The monoisotopic (exact) mass is 420 g/mol. The van der Waals surface area contributed by atoms with E-state index in [4.69, 9.17) is 4.74 Å². The molecule has 0 spiro atoms. The molecule has 2 aliphatic rings. The highest BCUT2D eigenvalue weighted by Crippen LogP contribution is 2.42. The predicted octanol–water partition coefficient (Wildman–Crippen LogP) is 1.75. The number of para-hydroxylation sites is 2. The Morgan fingerprint density at radius 2 is 1.90 bits per heavy atom. The van der Waals surface area contributed by atoms with Crippen LogP contribution >= 0.6 is 0 Å². The summed E-state index contributed by atoms with van der Waals surface area (Å²) >= 11 is 0. The van der Waals surface area contributed by atoms with Gasteiger partial charge in [0.1, 0.15) is 5.75 Å². The zero-order valence-electron chi connectivity index (χ0n) is 16.6. The molecule has 0 saturated carbocycles. The number of piperazine rings is 1. The quantitative estimate of drug-likeness (QED) is 0.746. The van der Waals surface area contributed by atoms with E-state index in [-0.39, 0.29) is 17.4 Å². The first-order chi connectivity index (χ1) is 14.4. The van der Waals surface area contributed by atoms with Gasteiger partial charge in [-0.1, -0.05) is 12.1 Å². The van der Waals surface area contributed by atoms with E-state index in [1.165, 1.54) is 18.2 Å². The number of fused-ring (bicyclic) bond motifs is 1. The van der Waals surface area contributed by atoms with Gasteiger partial charge in [-0.25, -0.2) is 0 Å². The molecule has 2 aromatic rings. The van der Waals surface area contributed by atoms with Gasteiger partial charge in [0, 0.05) is 11.8 Å². The Labute approximate surface area is 173 Å². The summed E-state index contributed by atoms with van der Waals surface area (Å²) in [6, 6.07) is 12.2. The first kappa shape index (κ1) is 20.2. The molecule has 7 nitrogen and oxygen atoms in total. The third kappa shape index (κ3) is 4.56. The van der Waals surface area contributed by atoms with Gasteiger partial charge in [0.25, 0.3) is 5.91 Å². The number of halogens is 2. The van der Waals surface area contributed by atoms with Gasteiger partial charge < -0.3 is 29.3 Å². The Bertz CT molecular complexity index is 917. The van der Waals surface area contributed by atoms with E-state index in [2.05, 4.69) is 19.7 Å². The van der Waals surface area contributed by atoms with Crippen LogP contribution in [0.3, 0.4) is 0 Å². The largest absolute Gasteiger partial charge is 0.586 e. The van der Waals surface area contributed by atoms with Crippen LogP contribution in [0.25, 0.3) is 0 Å². The second-order valence-corrected chi connectivity index (χ2v) is 7.19. The summed E-state index contributed by atoms with van der Waals surface area (Å²) in [4.78, 5) is 15.8. The van der Waals surface area contributed by atoms with E-state index in [0.29, 0.717) is 18.8 Å². The van der Waals surface area contributed by atoms with Crippen molar-refractivity contribution in [1.29, 1.82) is 0 Å². The van der Waals surface area contributed by atoms with Crippen LogP contribution in [0.4, 0.5) is 20.2 Å². The van der Waals surface area contributed by atoms with Crippen LogP contribution in [0.1, 0.15) is 6.92 Å². The number of alkyl halides is 2. The number of quaternary nitrogens is 1. The van der Waals surface area contributed by atoms with Gasteiger partial charge in [0.2, 0.25) is 0 Å². The molecular formula is C21H24F2N3O4+. The van der Waals surface area contributed by atoms with Crippen LogP contribution in [0.2, 0.25) is 0 Å². The second-order valence-electron chi connectivity index (χ2n) is 7.19. The van der Waals surface area contributed by atoms with Gasteiger partial charge >= 0.3 is 6.29 Å². The van der Waals surface area contributed by atoms with Crippen molar-refractivity contribution in [2.24, 2.45) is 0 Å². The van der Waals surface area contributed by atoms with Gasteiger partial charge in [-0.05, 0) is 31.2 Å². The number of nitrogens with zero attached hydrogens (tertiary/aromatic N) is 1. The third-order valence-electron chi connectivity index (χ3n) is 5.07. The molecule has 30 heavy (non-hydrogen) atoms. The van der Waals surface area contributed by atoms with Crippen LogP contribution in [0.5, 0.6) is 17.2 Å². The maximum Gasteiger partial charge on any atom is 0.586 e. The van der Waals surface area contributed by atoms with Crippen molar-refractivity contribution in [2.75, 3.05) is 49.5 Å². The summed E-state index contributed by atoms with van der Waals surface area (Å²) in [6.45, 7) is 6.11. The average Bonchev–Trinajstić information content (AvgIpc) is 3.02. The number of carbonyl (C=O) groups is 1. The van der Waals surface area contributed by atoms with E-state index >= 15 is 0 Å². The summed E-state index contributed by atoms with van der Waals surface area (Å²) in [7, 11) is 0. The predicted molar refractivity (Wildman–Crippen MR) is 107 cm³/mol. The molecule has 4 rings (SSSR count). The number of hydrogen-bond donors (Lipinski definition) is 2. The lowest BCUT2D eigenvalue weighted by Gasteiger charge is -2.34. The van der Waals surface area contributed by atoms with Gasteiger partial charge in [-0.2, -0.15) is 0 Å². The Morgan fingerprint density at radius 3 is 2.67 bits per heavy atom. The molecule has 1 amide bonds. The summed E-state index contributed by atoms with van der Waals surface area (Å²) in [6.07, 6.45) is -3.67. The van der Waals surface area contributed by atoms with Crippen molar-refractivity contribution in [1.82, 2.24) is 0 Å². The van der Waals surface area contributed by atoms with Gasteiger partial charge in [-0.15, -0.1) is 8.78 Å². The normalized spacial score (nSPS) is 17.6. The topological polar surface area (TPSA) is 64.5 Å². The molecule has 2 heterocycles. The van der Waals surface area contributed by atoms with Gasteiger partial charge in [0.15, 0.2) is 18.0 Å². The molecule has 1 saturated heterocycles. The van der Waals surface area contributed by atoms with Crippen LogP contribution < -0.4 is 29.3 Å². The number of hydrogen-bond acceptors (Lipinski definition) is 5. The highest BCUT2D eigenvalue weighted by molar-refractivity contribution is 5.91. The van der Waals surface area contributed by atoms with Crippen LogP contribution in [0, 0.1) is 0 Å². The van der Waals surface area contributed by atoms with Crippen molar-refractivity contribution in [3.05, 3.63) is 42.5 Å². The third-order valence-corrected chi connectivity index (χ3v) is 5.07. The smallest absolute Gasteiger partial charge is 0.492 e. The van der Waals surface area contributed by atoms with Crippen molar-refractivity contribution < 1.29 is 32.7 Å². The summed E-state index contributed by atoms with van der Waals surface area (Å²) < 4.78 is 40.7. The van der Waals surface area contributed by atoms with Crippen LogP contribution in [-0.2, 0) is 4.79 Å². The lowest BCUT2D eigenvalue weighted by Crippen LogP contribution is -3.15. The summed E-state index contributed by atoms with van der Waals surface area (Å²) in [5.74, 6) is 0.548.